The molecule has 17 heavy (non-hydrogen) atoms. The van der Waals surface area contributed by atoms with Crippen molar-refractivity contribution in [2.75, 3.05) is 13.2 Å². The van der Waals surface area contributed by atoms with Crippen molar-refractivity contribution in [1.29, 1.82) is 0 Å². The number of primary amides is 1. The number of morpholine rings is 1. The normalized spacial score (nSPS) is 24.2. The lowest BCUT2D eigenvalue weighted by Crippen LogP contribution is -2.52. The third-order valence-electron chi connectivity index (χ3n) is 2.82. The lowest BCUT2D eigenvalue weighted by molar-refractivity contribution is -0.135. The van der Waals surface area contributed by atoms with E-state index in [-0.39, 0.29) is 12.5 Å². The number of ether oxygens (including phenoxy) is 1. The molecule has 90 valence electrons. The Labute approximate surface area is 98.9 Å². The summed E-state index contributed by atoms with van der Waals surface area (Å²) in [5, 5.41) is 2.86. The Bertz CT molecular complexity index is 473. The van der Waals surface area contributed by atoms with Crippen LogP contribution < -0.4 is 11.1 Å². The highest BCUT2D eigenvalue weighted by atomic mass is 16.5. The zero-order chi connectivity index (χ0) is 12.5. The Hall–Kier alpha value is -1.88. The predicted molar refractivity (Wildman–Crippen MR) is 61.3 cm³/mol. The van der Waals surface area contributed by atoms with E-state index in [0.717, 1.165) is 5.56 Å². The molecule has 1 saturated heterocycles. The predicted octanol–water partition coefficient (Wildman–Crippen LogP) is 0.147. The average molecular weight is 234 g/mol. The molecule has 5 heteroatoms. The number of hydrogen-bond donors (Lipinski definition) is 2. The van der Waals surface area contributed by atoms with Crippen molar-refractivity contribution < 1.29 is 14.3 Å². The minimum atomic E-state index is -0.610. The van der Waals surface area contributed by atoms with Crippen LogP contribution in [-0.4, -0.2) is 25.0 Å². The molecule has 0 aromatic heterocycles. The highest BCUT2D eigenvalue weighted by Crippen LogP contribution is 2.24. The first-order valence-electron chi connectivity index (χ1n) is 5.30. The van der Waals surface area contributed by atoms with E-state index in [9.17, 15) is 9.59 Å². The van der Waals surface area contributed by atoms with Gasteiger partial charge in [-0.25, -0.2) is 0 Å². The van der Waals surface area contributed by atoms with E-state index in [4.69, 9.17) is 10.5 Å². The number of nitrogens with one attached hydrogen (secondary N) is 1. The van der Waals surface area contributed by atoms with Gasteiger partial charge in [-0.05, 0) is 24.6 Å². The molecule has 0 unspecified atom stereocenters. The van der Waals surface area contributed by atoms with Gasteiger partial charge in [0.2, 0.25) is 11.8 Å². The largest absolute Gasteiger partial charge is 0.369 e. The first kappa shape index (κ1) is 11.6. The molecule has 1 aromatic carbocycles. The molecule has 2 rings (SSSR count). The van der Waals surface area contributed by atoms with E-state index >= 15 is 0 Å². The van der Waals surface area contributed by atoms with Gasteiger partial charge < -0.3 is 15.8 Å². The van der Waals surface area contributed by atoms with Crippen LogP contribution in [-0.2, 0) is 15.1 Å². The number of hydrogen-bond acceptors (Lipinski definition) is 3. The molecule has 5 nitrogen and oxygen atoms in total. The molecule has 1 fully saturated rings. The molecule has 0 radical (unpaired) electrons. The first-order valence-corrected chi connectivity index (χ1v) is 5.30. The van der Waals surface area contributed by atoms with E-state index in [1.807, 2.05) is 13.0 Å². The number of rotatable bonds is 2. The number of nitrogens with two attached hydrogens (primary N) is 1. The van der Waals surface area contributed by atoms with Gasteiger partial charge in [0.25, 0.3) is 0 Å². The third-order valence-corrected chi connectivity index (χ3v) is 2.82. The zero-order valence-corrected chi connectivity index (χ0v) is 9.53. The minimum Gasteiger partial charge on any atom is -0.369 e. The van der Waals surface area contributed by atoms with Gasteiger partial charge in [-0.15, -0.1) is 0 Å². The fourth-order valence-corrected chi connectivity index (χ4v) is 1.90. The molecular weight excluding hydrogens is 220 g/mol. The van der Waals surface area contributed by atoms with Crippen molar-refractivity contribution in [3.63, 3.8) is 0 Å². The Balaban J connectivity index is 2.35. The molecule has 0 saturated carbocycles. The van der Waals surface area contributed by atoms with Gasteiger partial charge in [0, 0.05) is 5.56 Å². The van der Waals surface area contributed by atoms with Gasteiger partial charge in [0.05, 0.1) is 12.1 Å². The van der Waals surface area contributed by atoms with Gasteiger partial charge in [-0.3, -0.25) is 9.59 Å². The molecule has 0 spiro atoms. The van der Waals surface area contributed by atoms with Crippen molar-refractivity contribution >= 4 is 11.8 Å². The summed E-state index contributed by atoms with van der Waals surface area (Å²) in [5.74, 6) is -0.651. The first-order chi connectivity index (χ1) is 8.01. The van der Waals surface area contributed by atoms with Gasteiger partial charge in [0.15, 0.2) is 0 Å². The molecule has 1 heterocycles. The van der Waals surface area contributed by atoms with Crippen molar-refractivity contribution in [2.24, 2.45) is 5.73 Å². The van der Waals surface area contributed by atoms with E-state index in [2.05, 4.69) is 5.32 Å². The maximum absolute atomic E-state index is 11.3. The lowest BCUT2D eigenvalue weighted by atomic mass is 9.90. The lowest BCUT2D eigenvalue weighted by Gasteiger charge is -2.35. The second kappa shape index (κ2) is 4.18. The van der Waals surface area contributed by atoms with Crippen molar-refractivity contribution in [3.05, 3.63) is 35.4 Å². The average Bonchev–Trinajstić information content (AvgIpc) is 2.29. The Kier molecular flexibility index (Phi) is 2.85. The monoisotopic (exact) mass is 234 g/mol. The van der Waals surface area contributed by atoms with Crippen LogP contribution >= 0.6 is 0 Å². The molecule has 1 aromatic rings. The number of carbonyl (C=O) groups excluding carboxylic acids is 2. The second-order valence-corrected chi connectivity index (χ2v) is 4.32. The van der Waals surface area contributed by atoms with Gasteiger partial charge in [0.1, 0.15) is 6.61 Å². The maximum Gasteiger partial charge on any atom is 0.248 e. The molecule has 2 amide bonds. The highest BCUT2D eigenvalue weighted by molar-refractivity contribution is 5.93. The van der Waals surface area contributed by atoms with Crippen LogP contribution in [0.1, 0.15) is 22.8 Å². The Morgan fingerprint density at radius 3 is 2.94 bits per heavy atom. The topological polar surface area (TPSA) is 81.4 Å². The maximum atomic E-state index is 11.3. The van der Waals surface area contributed by atoms with E-state index in [0.29, 0.717) is 12.2 Å². The highest BCUT2D eigenvalue weighted by Gasteiger charge is 2.33. The fraction of sp³-hybridized carbons (Fsp3) is 0.333. The van der Waals surface area contributed by atoms with Crippen LogP contribution in [0.5, 0.6) is 0 Å². The number of benzene rings is 1. The smallest absolute Gasteiger partial charge is 0.248 e. The van der Waals surface area contributed by atoms with Crippen LogP contribution in [0.15, 0.2) is 24.3 Å². The molecule has 0 bridgehead atoms. The summed E-state index contributed by atoms with van der Waals surface area (Å²) in [7, 11) is 0. The van der Waals surface area contributed by atoms with E-state index in [1.165, 1.54) is 0 Å². The summed E-state index contributed by atoms with van der Waals surface area (Å²) in [5.41, 5.74) is 5.84. The Morgan fingerprint density at radius 1 is 1.53 bits per heavy atom. The third kappa shape index (κ3) is 2.29. The van der Waals surface area contributed by atoms with Crippen LogP contribution in [0.25, 0.3) is 0 Å². The zero-order valence-electron chi connectivity index (χ0n) is 9.53. The summed E-state index contributed by atoms with van der Waals surface area (Å²) in [6.45, 7) is 2.30. The Morgan fingerprint density at radius 2 is 2.29 bits per heavy atom. The minimum absolute atomic E-state index is 0.0745. The number of amides is 2. The molecule has 0 aliphatic carbocycles. The van der Waals surface area contributed by atoms with E-state index in [1.54, 1.807) is 18.2 Å². The summed E-state index contributed by atoms with van der Waals surface area (Å²) in [4.78, 5) is 22.5. The van der Waals surface area contributed by atoms with Gasteiger partial charge >= 0.3 is 0 Å². The van der Waals surface area contributed by atoms with Crippen LogP contribution in [0.3, 0.4) is 0 Å². The van der Waals surface area contributed by atoms with E-state index < -0.39 is 11.4 Å². The van der Waals surface area contributed by atoms with Crippen LogP contribution in [0.4, 0.5) is 0 Å². The van der Waals surface area contributed by atoms with Crippen molar-refractivity contribution in [3.8, 4) is 0 Å². The van der Waals surface area contributed by atoms with Crippen LogP contribution in [0, 0.1) is 0 Å². The van der Waals surface area contributed by atoms with Crippen molar-refractivity contribution in [1.82, 2.24) is 5.32 Å². The molecule has 1 aliphatic rings. The second-order valence-electron chi connectivity index (χ2n) is 4.32. The SMILES string of the molecule is C[C@]1(c2cccc(C(N)=O)c2)COCC(=O)N1. The molecule has 1 atom stereocenters. The summed E-state index contributed by atoms with van der Waals surface area (Å²) in [6.07, 6.45) is 0. The van der Waals surface area contributed by atoms with Gasteiger partial charge in [-0.1, -0.05) is 12.1 Å². The molecule has 1 aliphatic heterocycles. The van der Waals surface area contributed by atoms with Gasteiger partial charge in [-0.2, -0.15) is 0 Å². The molecular formula is C12H14N2O3. The summed E-state index contributed by atoms with van der Waals surface area (Å²) in [6, 6.07) is 6.89. The summed E-state index contributed by atoms with van der Waals surface area (Å²) < 4.78 is 5.22. The standard InChI is InChI=1S/C12H14N2O3/c1-12(7-17-6-10(15)14-12)9-4-2-3-8(5-9)11(13)16/h2-5H,6-7H2,1H3,(H2,13,16)(H,14,15)/t12-/m1/s1. The molecule has 3 N–H and O–H groups in total. The quantitative estimate of drug-likeness (QED) is 0.764. The van der Waals surface area contributed by atoms with Crippen LogP contribution in [0.2, 0.25) is 0 Å². The summed E-state index contributed by atoms with van der Waals surface area (Å²) >= 11 is 0. The number of carbonyl (C=O) groups is 2. The fourth-order valence-electron chi connectivity index (χ4n) is 1.90. The van der Waals surface area contributed by atoms with Crippen molar-refractivity contribution in [2.45, 2.75) is 12.5 Å².